The fourth-order valence-corrected chi connectivity index (χ4v) is 2.75. The molecule has 1 aromatic carbocycles. The van der Waals surface area contributed by atoms with Crippen LogP contribution in [-0.2, 0) is 0 Å². The molecule has 0 saturated carbocycles. The van der Waals surface area contributed by atoms with Crippen molar-refractivity contribution in [1.82, 2.24) is 9.38 Å². The highest BCUT2D eigenvalue weighted by molar-refractivity contribution is 5.77. The first-order valence-electron chi connectivity index (χ1n) is 7.37. The van der Waals surface area contributed by atoms with Crippen LogP contribution in [0.4, 0.5) is 5.82 Å². The van der Waals surface area contributed by atoms with Crippen molar-refractivity contribution in [3.05, 3.63) is 42.1 Å². The van der Waals surface area contributed by atoms with E-state index in [1.165, 1.54) is 0 Å². The number of nitrogen functional groups attached to an aromatic ring is 1. The minimum absolute atomic E-state index is 0.633. The predicted molar refractivity (Wildman–Crippen MR) is 85.4 cm³/mol. The second kappa shape index (κ2) is 4.94. The van der Waals surface area contributed by atoms with E-state index in [1.807, 2.05) is 47.9 Å². The van der Waals surface area contributed by atoms with Gasteiger partial charge in [-0.2, -0.15) is 0 Å². The molecule has 3 heterocycles. The number of hydrogen-bond acceptors (Lipinski definition) is 4. The largest absolute Gasteiger partial charge is 0.490 e. The van der Waals surface area contributed by atoms with Crippen molar-refractivity contribution >= 4 is 11.5 Å². The zero-order valence-corrected chi connectivity index (χ0v) is 12.4. The van der Waals surface area contributed by atoms with E-state index >= 15 is 0 Å². The number of ether oxygens (including phenoxy) is 2. The summed E-state index contributed by atoms with van der Waals surface area (Å²) in [5.74, 6) is 2.16. The van der Waals surface area contributed by atoms with Crippen LogP contribution in [0.2, 0.25) is 0 Å². The Morgan fingerprint density at radius 3 is 2.77 bits per heavy atom. The molecule has 1 aliphatic heterocycles. The number of nitrogens with zero attached hydrogens (tertiary/aromatic N) is 2. The Balaban J connectivity index is 1.87. The molecule has 4 rings (SSSR count). The van der Waals surface area contributed by atoms with E-state index in [9.17, 15) is 0 Å². The molecule has 3 aromatic rings. The normalized spacial score (nSPS) is 14.0. The quantitative estimate of drug-likeness (QED) is 0.749. The van der Waals surface area contributed by atoms with Gasteiger partial charge in [-0.3, -0.25) is 4.40 Å². The second-order valence-corrected chi connectivity index (χ2v) is 5.44. The van der Waals surface area contributed by atoms with E-state index < -0.39 is 0 Å². The van der Waals surface area contributed by atoms with Crippen molar-refractivity contribution in [3.8, 4) is 22.8 Å². The van der Waals surface area contributed by atoms with Gasteiger partial charge in [-0.05, 0) is 36.8 Å². The molecule has 0 fully saturated rings. The maximum Gasteiger partial charge on any atom is 0.161 e. The number of aromatic nitrogens is 2. The van der Waals surface area contributed by atoms with Gasteiger partial charge in [0.15, 0.2) is 11.5 Å². The van der Waals surface area contributed by atoms with Crippen LogP contribution in [-0.4, -0.2) is 22.6 Å². The Bertz CT molecular complexity index is 854. The SMILES string of the molecule is Cc1cccn2c(N)c(-c3ccc4c(c3)OCCCO4)nc12. The topological polar surface area (TPSA) is 61.8 Å². The Labute approximate surface area is 128 Å². The number of aryl methyl sites for hydroxylation is 1. The molecule has 5 heteroatoms. The maximum atomic E-state index is 6.28. The third-order valence-electron chi connectivity index (χ3n) is 3.90. The first-order chi connectivity index (χ1) is 10.7. The molecule has 0 aliphatic carbocycles. The molecule has 112 valence electrons. The first-order valence-corrected chi connectivity index (χ1v) is 7.37. The molecule has 5 nitrogen and oxygen atoms in total. The lowest BCUT2D eigenvalue weighted by Gasteiger charge is -2.08. The summed E-state index contributed by atoms with van der Waals surface area (Å²) in [7, 11) is 0. The molecule has 0 radical (unpaired) electrons. The fraction of sp³-hybridized carbons (Fsp3) is 0.235. The number of pyridine rings is 1. The zero-order chi connectivity index (χ0) is 15.1. The van der Waals surface area contributed by atoms with Crippen molar-refractivity contribution in [3.63, 3.8) is 0 Å². The van der Waals surface area contributed by atoms with E-state index in [0.29, 0.717) is 19.0 Å². The van der Waals surface area contributed by atoms with Crippen LogP contribution in [0.1, 0.15) is 12.0 Å². The average Bonchev–Trinajstić information content (AvgIpc) is 2.72. The van der Waals surface area contributed by atoms with E-state index in [-0.39, 0.29) is 0 Å². The third-order valence-corrected chi connectivity index (χ3v) is 3.90. The van der Waals surface area contributed by atoms with E-state index in [2.05, 4.69) is 0 Å². The summed E-state index contributed by atoms with van der Waals surface area (Å²) >= 11 is 0. The molecule has 0 amide bonds. The smallest absolute Gasteiger partial charge is 0.161 e. The first kappa shape index (κ1) is 13.0. The van der Waals surface area contributed by atoms with E-state index in [1.54, 1.807) is 0 Å². The lowest BCUT2D eigenvalue weighted by atomic mass is 10.1. The van der Waals surface area contributed by atoms with Crippen molar-refractivity contribution in [1.29, 1.82) is 0 Å². The number of benzene rings is 1. The zero-order valence-electron chi connectivity index (χ0n) is 12.4. The van der Waals surface area contributed by atoms with Crippen LogP contribution >= 0.6 is 0 Å². The Kier molecular flexibility index (Phi) is 2.92. The van der Waals surface area contributed by atoms with Gasteiger partial charge in [0.2, 0.25) is 0 Å². The van der Waals surface area contributed by atoms with Crippen LogP contribution < -0.4 is 15.2 Å². The number of hydrogen-bond donors (Lipinski definition) is 1. The number of fused-ring (bicyclic) bond motifs is 2. The predicted octanol–water partition coefficient (Wildman–Crippen LogP) is 3.05. The highest BCUT2D eigenvalue weighted by Gasteiger charge is 2.16. The minimum Gasteiger partial charge on any atom is -0.490 e. The number of imidazole rings is 1. The molecule has 2 aromatic heterocycles. The monoisotopic (exact) mass is 295 g/mol. The van der Waals surface area contributed by atoms with Crippen molar-refractivity contribution < 1.29 is 9.47 Å². The van der Waals surface area contributed by atoms with Gasteiger partial charge >= 0.3 is 0 Å². The minimum atomic E-state index is 0.633. The summed E-state index contributed by atoms with van der Waals surface area (Å²) in [5.41, 5.74) is 9.95. The van der Waals surface area contributed by atoms with Crippen LogP contribution in [0.15, 0.2) is 36.5 Å². The molecule has 2 N–H and O–H groups in total. The fourth-order valence-electron chi connectivity index (χ4n) is 2.75. The van der Waals surface area contributed by atoms with Gasteiger partial charge in [0.1, 0.15) is 17.2 Å². The summed E-state index contributed by atoms with van der Waals surface area (Å²) in [6, 6.07) is 9.85. The lowest BCUT2D eigenvalue weighted by molar-refractivity contribution is 0.297. The molecular formula is C17H17N3O2. The van der Waals surface area contributed by atoms with Gasteiger partial charge in [0.05, 0.1) is 13.2 Å². The van der Waals surface area contributed by atoms with Crippen LogP contribution in [0.3, 0.4) is 0 Å². The molecular weight excluding hydrogens is 278 g/mol. The molecule has 0 saturated heterocycles. The van der Waals surface area contributed by atoms with Gasteiger partial charge in [-0.1, -0.05) is 6.07 Å². The maximum absolute atomic E-state index is 6.28. The van der Waals surface area contributed by atoms with Gasteiger partial charge in [0.25, 0.3) is 0 Å². The van der Waals surface area contributed by atoms with Crippen molar-refractivity contribution in [2.24, 2.45) is 0 Å². The number of nitrogens with two attached hydrogens (primary N) is 1. The summed E-state index contributed by atoms with van der Waals surface area (Å²) in [4.78, 5) is 4.70. The summed E-state index contributed by atoms with van der Waals surface area (Å²) < 4.78 is 13.3. The molecule has 0 atom stereocenters. The second-order valence-electron chi connectivity index (χ2n) is 5.44. The van der Waals surface area contributed by atoms with E-state index in [0.717, 1.165) is 40.4 Å². The molecule has 0 spiro atoms. The van der Waals surface area contributed by atoms with Crippen LogP contribution in [0, 0.1) is 6.92 Å². The summed E-state index contributed by atoms with van der Waals surface area (Å²) in [6.07, 6.45) is 2.82. The molecule has 0 unspecified atom stereocenters. The molecule has 1 aliphatic rings. The Morgan fingerprint density at radius 2 is 1.95 bits per heavy atom. The standard InChI is InChI=1S/C17H17N3O2/c1-11-4-2-7-20-16(18)15(19-17(11)20)12-5-6-13-14(10-12)22-9-3-8-21-13/h2,4-7,10H,3,8-9,18H2,1H3. The number of anilines is 1. The lowest BCUT2D eigenvalue weighted by Crippen LogP contribution is -1.97. The highest BCUT2D eigenvalue weighted by atomic mass is 16.5. The summed E-state index contributed by atoms with van der Waals surface area (Å²) in [6.45, 7) is 3.37. The summed E-state index contributed by atoms with van der Waals surface area (Å²) in [5, 5.41) is 0. The van der Waals surface area contributed by atoms with Gasteiger partial charge in [-0.15, -0.1) is 0 Å². The van der Waals surface area contributed by atoms with Crippen LogP contribution in [0.25, 0.3) is 16.9 Å². The van der Waals surface area contributed by atoms with Gasteiger partial charge in [0, 0.05) is 18.2 Å². The van der Waals surface area contributed by atoms with Crippen molar-refractivity contribution in [2.75, 3.05) is 18.9 Å². The Morgan fingerprint density at radius 1 is 1.14 bits per heavy atom. The van der Waals surface area contributed by atoms with Crippen molar-refractivity contribution in [2.45, 2.75) is 13.3 Å². The molecule has 22 heavy (non-hydrogen) atoms. The van der Waals surface area contributed by atoms with E-state index in [4.69, 9.17) is 20.2 Å². The highest BCUT2D eigenvalue weighted by Crippen LogP contribution is 2.36. The van der Waals surface area contributed by atoms with Gasteiger partial charge in [-0.25, -0.2) is 4.98 Å². The van der Waals surface area contributed by atoms with Crippen LogP contribution in [0.5, 0.6) is 11.5 Å². The number of rotatable bonds is 1. The Hall–Kier alpha value is -2.69. The van der Waals surface area contributed by atoms with Gasteiger partial charge < -0.3 is 15.2 Å². The molecule has 0 bridgehead atoms. The average molecular weight is 295 g/mol. The third kappa shape index (κ3) is 1.97.